The van der Waals surface area contributed by atoms with Crippen LogP contribution in [0.3, 0.4) is 0 Å². The lowest BCUT2D eigenvalue weighted by molar-refractivity contribution is -0.123. The van der Waals surface area contributed by atoms with Crippen molar-refractivity contribution in [3.63, 3.8) is 0 Å². The first-order chi connectivity index (χ1) is 13.8. The predicted octanol–water partition coefficient (Wildman–Crippen LogP) is 3.37. The van der Waals surface area contributed by atoms with Crippen LogP contribution in [0, 0.1) is 11.3 Å². The highest BCUT2D eigenvalue weighted by molar-refractivity contribution is 5.86. The fraction of sp³-hybridized carbons (Fsp3) is 0.348. The summed E-state index contributed by atoms with van der Waals surface area (Å²) < 4.78 is 5.29. The second-order valence-electron chi connectivity index (χ2n) is 7.77. The van der Waals surface area contributed by atoms with Gasteiger partial charge in [0.2, 0.25) is 5.91 Å². The van der Waals surface area contributed by atoms with Gasteiger partial charge in [-0.2, -0.15) is 5.26 Å². The van der Waals surface area contributed by atoms with Crippen LogP contribution < -0.4 is 10.6 Å². The van der Waals surface area contributed by atoms with E-state index < -0.39 is 29.7 Å². The second kappa shape index (κ2) is 10.3. The Hall–Kier alpha value is -3.33. The van der Waals surface area contributed by atoms with Crippen molar-refractivity contribution in [2.24, 2.45) is 0 Å². The molecule has 0 heterocycles. The molecule has 0 aromatic heterocycles. The number of nitriles is 1. The first-order valence-electron chi connectivity index (χ1n) is 9.54. The molecular formula is C23H27N3O3. The fourth-order valence-corrected chi connectivity index (χ4v) is 2.76. The number of hydrogen-bond acceptors (Lipinski definition) is 4. The molecule has 0 saturated heterocycles. The molecule has 0 aliphatic heterocycles. The Morgan fingerprint density at radius 3 is 1.93 bits per heavy atom. The maximum Gasteiger partial charge on any atom is 0.408 e. The van der Waals surface area contributed by atoms with Crippen molar-refractivity contribution in [1.82, 2.24) is 10.6 Å². The number of ether oxygens (including phenoxy) is 1. The predicted molar refractivity (Wildman–Crippen MR) is 111 cm³/mol. The molecule has 2 aromatic rings. The fourth-order valence-electron chi connectivity index (χ4n) is 2.76. The molecule has 2 unspecified atom stereocenters. The summed E-state index contributed by atoms with van der Waals surface area (Å²) in [5.41, 5.74) is 1.15. The number of carbonyl (C=O) groups is 2. The van der Waals surface area contributed by atoms with Crippen LogP contribution in [-0.2, 0) is 22.4 Å². The number of hydrogen-bond donors (Lipinski definition) is 2. The van der Waals surface area contributed by atoms with Crippen molar-refractivity contribution in [2.45, 2.75) is 51.3 Å². The first kappa shape index (κ1) is 22.0. The Labute approximate surface area is 171 Å². The highest BCUT2D eigenvalue weighted by Gasteiger charge is 2.26. The highest BCUT2D eigenvalue weighted by atomic mass is 16.6. The van der Waals surface area contributed by atoms with Gasteiger partial charge in [-0.3, -0.25) is 4.79 Å². The lowest BCUT2D eigenvalue weighted by Gasteiger charge is -2.24. The van der Waals surface area contributed by atoms with Crippen molar-refractivity contribution in [3.8, 4) is 6.07 Å². The van der Waals surface area contributed by atoms with Crippen LogP contribution in [-0.4, -0.2) is 29.7 Å². The number of nitrogens with zero attached hydrogens (tertiary/aromatic N) is 1. The topological polar surface area (TPSA) is 91.2 Å². The molecule has 0 fully saturated rings. The quantitative estimate of drug-likeness (QED) is 0.754. The lowest BCUT2D eigenvalue weighted by Crippen LogP contribution is -2.51. The molecule has 29 heavy (non-hydrogen) atoms. The van der Waals surface area contributed by atoms with Crippen LogP contribution in [0.5, 0.6) is 0 Å². The van der Waals surface area contributed by atoms with Crippen LogP contribution in [0.4, 0.5) is 4.79 Å². The van der Waals surface area contributed by atoms with E-state index in [4.69, 9.17) is 4.74 Å². The van der Waals surface area contributed by atoms with E-state index in [2.05, 4.69) is 16.7 Å². The number of amides is 2. The molecular weight excluding hydrogens is 366 g/mol. The van der Waals surface area contributed by atoms with E-state index in [1.807, 2.05) is 60.7 Å². The molecule has 2 aromatic carbocycles. The average Bonchev–Trinajstić information content (AvgIpc) is 2.67. The van der Waals surface area contributed by atoms with Gasteiger partial charge >= 0.3 is 6.09 Å². The summed E-state index contributed by atoms with van der Waals surface area (Å²) in [6, 6.07) is 19.4. The molecule has 152 valence electrons. The normalized spacial score (nSPS) is 12.9. The van der Waals surface area contributed by atoms with E-state index in [9.17, 15) is 14.9 Å². The van der Waals surface area contributed by atoms with Crippen LogP contribution in [0.1, 0.15) is 31.9 Å². The van der Waals surface area contributed by atoms with E-state index in [1.54, 1.807) is 20.8 Å². The largest absolute Gasteiger partial charge is 0.444 e. The minimum atomic E-state index is -0.862. The summed E-state index contributed by atoms with van der Waals surface area (Å²) in [5.74, 6) is -0.429. The third kappa shape index (κ3) is 8.06. The highest BCUT2D eigenvalue weighted by Crippen LogP contribution is 2.09. The second-order valence-corrected chi connectivity index (χ2v) is 7.77. The maximum atomic E-state index is 12.9. The van der Waals surface area contributed by atoms with Crippen molar-refractivity contribution in [2.75, 3.05) is 0 Å². The van der Waals surface area contributed by atoms with Gasteiger partial charge in [-0.15, -0.1) is 0 Å². The summed E-state index contributed by atoms with van der Waals surface area (Å²) in [7, 11) is 0. The first-order valence-corrected chi connectivity index (χ1v) is 9.54. The summed E-state index contributed by atoms with van der Waals surface area (Å²) in [6.07, 6.45) is -0.00617. The zero-order valence-corrected chi connectivity index (χ0v) is 17.0. The monoisotopic (exact) mass is 393 g/mol. The molecule has 0 radical (unpaired) electrons. The number of alkyl carbamates (subject to hydrolysis) is 1. The number of carbonyl (C=O) groups excluding carboxylic acids is 2. The molecule has 6 heteroatoms. The van der Waals surface area contributed by atoms with Crippen LogP contribution >= 0.6 is 0 Å². The Morgan fingerprint density at radius 2 is 1.45 bits per heavy atom. The SMILES string of the molecule is CC(C)(C)OC(=O)NC(Cc1ccccc1)C(=O)NC(C#N)Cc1ccccc1. The van der Waals surface area contributed by atoms with Gasteiger partial charge in [-0.05, 0) is 31.9 Å². The zero-order valence-electron chi connectivity index (χ0n) is 17.0. The number of benzene rings is 2. The van der Waals surface area contributed by atoms with E-state index in [0.717, 1.165) is 11.1 Å². The van der Waals surface area contributed by atoms with Crippen LogP contribution in [0.2, 0.25) is 0 Å². The Bertz CT molecular complexity index is 839. The molecule has 2 amide bonds. The molecule has 0 saturated carbocycles. The number of rotatable bonds is 7. The molecule has 2 atom stereocenters. The van der Waals surface area contributed by atoms with Gasteiger partial charge in [0.25, 0.3) is 0 Å². The van der Waals surface area contributed by atoms with Gasteiger partial charge in [-0.25, -0.2) is 4.79 Å². The lowest BCUT2D eigenvalue weighted by atomic mass is 10.0. The van der Waals surface area contributed by atoms with Gasteiger partial charge in [0.05, 0.1) is 6.07 Å². The Balaban J connectivity index is 2.09. The standard InChI is InChI=1S/C23H27N3O3/c1-23(2,3)29-22(28)26-20(15-18-12-8-5-9-13-18)21(27)25-19(16-24)14-17-10-6-4-7-11-17/h4-13,19-20H,14-15H2,1-3H3,(H,25,27)(H,26,28). The average molecular weight is 393 g/mol. The smallest absolute Gasteiger partial charge is 0.408 e. The number of nitrogens with one attached hydrogen (secondary N) is 2. The van der Waals surface area contributed by atoms with Gasteiger partial charge in [-0.1, -0.05) is 60.7 Å². The summed E-state index contributed by atoms with van der Waals surface area (Å²) in [5, 5.41) is 14.8. The Morgan fingerprint density at radius 1 is 0.931 bits per heavy atom. The summed E-state index contributed by atoms with van der Waals surface area (Å²) in [4.78, 5) is 25.1. The van der Waals surface area contributed by atoms with E-state index in [-0.39, 0.29) is 6.42 Å². The van der Waals surface area contributed by atoms with E-state index >= 15 is 0 Å². The maximum absolute atomic E-state index is 12.9. The zero-order chi connectivity index (χ0) is 21.3. The minimum absolute atomic E-state index is 0.287. The van der Waals surface area contributed by atoms with E-state index in [0.29, 0.717) is 6.42 Å². The molecule has 0 bridgehead atoms. The third-order valence-corrected chi connectivity index (χ3v) is 4.05. The van der Waals surface area contributed by atoms with Crippen molar-refractivity contribution in [3.05, 3.63) is 71.8 Å². The molecule has 2 N–H and O–H groups in total. The van der Waals surface area contributed by atoms with E-state index in [1.165, 1.54) is 0 Å². The van der Waals surface area contributed by atoms with Gasteiger partial charge < -0.3 is 15.4 Å². The van der Waals surface area contributed by atoms with Gasteiger partial charge in [0, 0.05) is 12.8 Å². The minimum Gasteiger partial charge on any atom is -0.444 e. The van der Waals surface area contributed by atoms with Crippen molar-refractivity contribution >= 4 is 12.0 Å². The Kier molecular flexibility index (Phi) is 7.79. The molecule has 0 aliphatic carbocycles. The molecule has 2 rings (SSSR count). The summed E-state index contributed by atoms with van der Waals surface area (Å²) in [6.45, 7) is 5.26. The van der Waals surface area contributed by atoms with Crippen LogP contribution in [0.15, 0.2) is 60.7 Å². The summed E-state index contributed by atoms with van der Waals surface area (Å²) >= 11 is 0. The molecule has 0 aliphatic rings. The molecule has 0 spiro atoms. The van der Waals surface area contributed by atoms with Gasteiger partial charge in [0.15, 0.2) is 0 Å². The van der Waals surface area contributed by atoms with Crippen molar-refractivity contribution < 1.29 is 14.3 Å². The van der Waals surface area contributed by atoms with Gasteiger partial charge in [0.1, 0.15) is 17.7 Å². The van der Waals surface area contributed by atoms with Crippen LogP contribution in [0.25, 0.3) is 0 Å². The molecule has 6 nitrogen and oxygen atoms in total. The van der Waals surface area contributed by atoms with Crippen molar-refractivity contribution in [1.29, 1.82) is 5.26 Å². The third-order valence-electron chi connectivity index (χ3n) is 4.05.